The first-order valence-electron chi connectivity index (χ1n) is 7.71. The number of ether oxygens (including phenoxy) is 1. The molecule has 0 atom stereocenters. The summed E-state index contributed by atoms with van der Waals surface area (Å²) in [6.07, 6.45) is 1.49. The molecule has 0 aliphatic heterocycles. The van der Waals surface area contributed by atoms with Crippen LogP contribution in [-0.4, -0.2) is 33.1 Å². The van der Waals surface area contributed by atoms with Gasteiger partial charge in [-0.1, -0.05) is 11.2 Å². The minimum Gasteiger partial charge on any atom is -0.453 e. The van der Waals surface area contributed by atoms with Gasteiger partial charge in [-0.3, -0.25) is 9.36 Å². The Balaban J connectivity index is 1.76. The molecule has 7 heteroatoms. The van der Waals surface area contributed by atoms with Crippen molar-refractivity contribution in [3.63, 3.8) is 0 Å². The van der Waals surface area contributed by atoms with Crippen LogP contribution >= 0.6 is 0 Å². The lowest BCUT2D eigenvalue weighted by atomic mass is 10.1. The maximum atomic E-state index is 12.4. The number of carbonyl (C=O) groups excluding carboxylic acids is 2. The summed E-state index contributed by atoms with van der Waals surface area (Å²) in [4.78, 5) is 28.2. The number of aryl methyl sites for hydroxylation is 2. The summed E-state index contributed by atoms with van der Waals surface area (Å²) in [5.74, 6) is 0.371. The van der Waals surface area contributed by atoms with E-state index in [2.05, 4.69) is 10.1 Å². The topological polar surface area (TPSA) is 87.2 Å². The van der Waals surface area contributed by atoms with Gasteiger partial charge in [-0.25, -0.2) is 9.78 Å². The predicted molar refractivity (Wildman–Crippen MR) is 88.9 cm³/mol. The second kappa shape index (κ2) is 6.72. The predicted octanol–water partition coefficient (Wildman–Crippen LogP) is 2.83. The molecule has 0 amide bonds. The van der Waals surface area contributed by atoms with Crippen LogP contribution in [0.3, 0.4) is 0 Å². The van der Waals surface area contributed by atoms with Crippen molar-refractivity contribution < 1.29 is 18.8 Å². The van der Waals surface area contributed by atoms with Crippen LogP contribution in [0.1, 0.15) is 38.0 Å². The summed E-state index contributed by atoms with van der Waals surface area (Å²) in [5.41, 5.74) is 2.20. The third-order valence-corrected chi connectivity index (χ3v) is 3.78. The van der Waals surface area contributed by atoms with Gasteiger partial charge in [0.05, 0.1) is 0 Å². The van der Waals surface area contributed by atoms with Crippen molar-refractivity contribution in [2.24, 2.45) is 0 Å². The molecule has 0 saturated carbocycles. The summed E-state index contributed by atoms with van der Waals surface area (Å²) in [6.45, 7) is 5.13. The minimum absolute atomic E-state index is 0.166. The first-order chi connectivity index (χ1) is 12.0. The van der Waals surface area contributed by atoms with Crippen molar-refractivity contribution in [3.8, 4) is 5.82 Å². The molecule has 0 saturated heterocycles. The molecule has 128 valence electrons. The standard InChI is InChI=1S/C18H17N3O4/c1-11-8-14(13(3)21(11)17-9-12(2)25-20-17)16(22)10-24-18(23)15-6-4-5-7-19-15/h4-9H,10H2,1-3H3. The molecular formula is C18H17N3O4. The molecule has 25 heavy (non-hydrogen) atoms. The molecule has 0 radical (unpaired) electrons. The molecule has 0 aliphatic rings. The minimum atomic E-state index is -0.630. The van der Waals surface area contributed by atoms with E-state index in [1.54, 1.807) is 31.2 Å². The Kier molecular flexibility index (Phi) is 4.47. The summed E-state index contributed by atoms with van der Waals surface area (Å²) < 4.78 is 12.0. The van der Waals surface area contributed by atoms with E-state index in [0.717, 1.165) is 5.69 Å². The van der Waals surface area contributed by atoms with Gasteiger partial charge < -0.3 is 9.26 Å². The molecule has 0 N–H and O–H groups in total. The third kappa shape index (κ3) is 3.35. The van der Waals surface area contributed by atoms with E-state index >= 15 is 0 Å². The van der Waals surface area contributed by atoms with Gasteiger partial charge in [0.2, 0.25) is 5.78 Å². The highest BCUT2D eigenvalue weighted by molar-refractivity contribution is 6.00. The smallest absolute Gasteiger partial charge is 0.357 e. The molecule has 7 nitrogen and oxygen atoms in total. The molecule has 3 aromatic rings. The fraction of sp³-hybridized carbons (Fsp3) is 0.222. The number of hydrogen-bond acceptors (Lipinski definition) is 6. The Morgan fingerprint density at radius 1 is 1.20 bits per heavy atom. The van der Waals surface area contributed by atoms with Crippen molar-refractivity contribution in [1.82, 2.24) is 14.7 Å². The normalized spacial score (nSPS) is 10.7. The van der Waals surface area contributed by atoms with Crippen LogP contribution in [0.5, 0.6) is 0 Å². The molecule has 0 bridgehead atoms. The Morgan fingerprint density at radius 3 is 2.64 bits per heavy atom. The summed E-state index contributed by atoms with van der Waals surface area (Å²) in [6, 6.07) is 8.44. The first-order valence-corrected chi connectivity index (χ1v) is 7.71. The van der Waals surface area contributed by atoms with E-state index in [-0.39, 0.29) is 18.1 Å². The molecule has 0 aromatic carbocycles. The van der Waals surface area contributed by atoms with Crippen LogP contribution in [0.4, 0.5) is 0 Å². The lowest BCUT2D eigenvalue weighted by Gasteiger charge is -2.06. The van der Waals surface area contributed by atoms with Crippen molar-refractivity contribution in [3.05, 3.63) is 64.9 Å². The zero-order valence-electron chi connectivity index (χ0n) is 14.1. The van der Waals surface area contributed by atoms with Crippen LogP contribution < -0.4 is 0 Å². The highest BCUT2D eigenvalue weighted by atomic mass is 16.5. The average molecular weight is 339 g/mol. The Bertz CT molecular complexity index is 925. The maximum absolute atomic E-state index is 12.4. The molecule has 3 rings (SSSR count). The van der Waals surface area contributed by atoms with Gasteiger partial charge in [-0.15, -0.1) is 0 Å². The van der Waals surface area contributed by atoms with E-state index in [9.17, 15) is 9.59 Å². The maximum Gasteiger partial charge on any atom is 0.357 e. The van der Waals surface area contributed by atoms with Crippen molar-refractivity contribution in [2.75, 3.05) is 6.61 Å². The Labute approximate surface area is 144 Å². The Hall–Kier alpha value is -3.22. The largest absolute Gasteiger partial charge is 0.453 e. The fourth-order valence-electron chi connectivity index (χ4n) is 2.62. The molecule has 0 unspecified atom stereocenters. The van der Waals surface area contributed by atoms with Gasteiger partial charge in [-0.2, -0.15) is 0 Å². The van der Waals surface area contributed by atoms with Crippen LogP contribution in [0.2, 0.25) is 0 Å². The molecule has 0 spiro atoms. The number of rotatable bonds is 5. The lowest BCUT2D eigenvalue weighted by molar-refractivity contribution is 0.0468. The van der Waals surface area contributed by atoms with E-state index in [0.29, 0.717) is 22.8 Å². The quantitative estimate of drug-likeness (QED) is 0.525. The van der Waals surface area contributed by atoms with Gasteiger partial charge in [0.1, 0.15) is 11.5 Å². The van der Waals surface area contributed by atoms with Gasteiger partial charge >= 0.3 is 5.97 Å². The number of aromatic nitrogens is 3. The fourth-order valence-corrected chi connectivity index (χ4v) is 2.62. The Morgan fingerprint density at radius 2 is 2.00 bits per heavy atom. The average Bonchev–Trinajstić information content (AvgIpc) is 3.15. The SMILES string of the molecule is Cc1cc(-n2c(C)cc(C(=O)COC(=O)c3ccccn3)c2C)no1. The van der Waals surface area contributed by atoms with Gasteiger partial charge in [0, 0.05) is 29.2 Å². The number of carbonyl (C=O) groups is 2. The number of esters is 1. The zero-order valence-corrected chi connectivity index (χ0v) is 14.1. The van der Waals surface area contributed by atoms with Crippen molar-refractivity contribution in [1.29, 1.82) is 0 Å². The zero-order chi connectivity index (χ0) is 18.0. The van der Waals surface area contributed by atoms with Crippen LogP contribution in [0.25, 0.3) is 5.82 Å². The monoisotopic (exact) mass is 339 g/mol. The van der Waals surface area contributed by atoms with E-state index in [4.69, 9.17) is 9.26 Å². The second-order valence-electron chi connectivity index (χ2n) is 5.63. The molecule has 0 aliphatic carbocycles. The molecular weight excluding hydrogens is 322 g/mol. The number of Topliss-reactive ketones (excluding diaryl/α,β-unsaturated/α-hetero) is 1. The van der Waals surface area contributed by atoms with Crippen LogP contribution in [-0.2, 0) is 4.74 Å². The summed E-state index contributed by atoms with van der Waals surface area (Å²) in [5, 5.41) is 3.98. The lowest BCUT2D eigenvalue weighted by Crippen LogP contribution is -2.15. The van der Waals surface area contributed by atoms with E-state index in [1.807, 2.05) is 18.4 Å². The third-order valence-electron chi connectivity index (χ3n) is 3.78. The van der Waals surface area contributed by atoms with Gasteiger partial charge in [0.15, 0.2) is 12.4 Å². The number of ketones is 1. The number of nitrogens with zero attached hydrogens (tertiary/aromatic N) is 3. The summed E-state index contributed by atoms with van der Waals surface area (Å²) in [7, 11) is 0. The molecule has 3 heterocycles. The van der Waals surface area contributed by atoms with Gasteiger partial charge in [0.25, 0.3) is 0 Å². The van der Waals surface area contributed by atoms with Crippen LogP contribution in [0.15, 0.2) is 41.1 Å². The van der Waals surface area contributed by atoms with E-state index < -0.39 is 5.97 Å². The van der Waals surface area contributed by atoms with Crippen LogP contribution in [0, 0.1) is 20.8 Å². The van der Waals surface area contributed by atoms with E-state index in [1.165, 1.54) is 12.3 Å². The second-order valence-corrected chi connectivity index (χ2v) is 5.63. The van der Waals surface area contributed by atoms with Gasteiger partial charge in [-0.05, 0) is 39.0 Å². The molecule has 0 fully saturated rings. The highest BCUT2D eigenvalue weighted by Crippen LogP contribution is 2.21. The number of hydrogen-bond donors (Lipinski definition) is 0. The summed E-state index contributed by atoms with van der Waals surface area (Å²) >= 11 is 0. The first kappa shape index (κ1) is 16.6. The van der Waals surface area contributed by atoms with Crippen molar-refractivity contribution in [2.45, 2.75) is 20.8 Å². The van der Waals surface area contributed by atoms with Crippen molar-refractivity contribution >= 4 is 11.8 Å². The highest BCUT2D eigenvalue weighted by Gasteiger charge is 2.20. The number of pyridine rings is 1. The molecule has 3 aromatic heterocycles.